The highest BCUT2D eigenvalue weighted by molar-refractivity contribution is 7.99. The van der Waals surface area contributed by atoms with E-state index in [0.717, 1.165) is 0 Å². The number of aliphatic carboxylic acids is 1. The average molecular weight is 313 g/mol. The molecule has 0 bridgehead atoms. The minimum absolute atomic E-state index is 0.0367. The van der Waals surface area contributed by atoms with Crippen molar-refractivity contribution >= 4 is 23.6 Å². The molecule has 1 aromatic rings. The standard InChI is InChI=1S/C14H16FNO4S/c1-9(20-11-5-3-2-4-10(11)15)12(17)16-14(13(18)19)6-7-21-8-14/h2-5,9H,6-8H2,1H3,(H,16,17)(H,18,19). The van der Waals surface area contributed by atoms with Crippen molar-refractivity contribution in [3.63, 3.8) is 0 Å². The minimum atomic E-state index is -1.26. The number of rotatable bonds is 5. The summed E-state index contributed by atoms with van der Waals surface area (Å²) in [5.74, 6) is -1.23. The maximum atomic E-state index is 13.5. The number of carbonyl (C=O) groups is 2. The third kappa shape index (κ3) is 3.47. The molecule has 1 amide bonds. The van der Waals surface area contributed by atoms with Gasteiger partial charge in [-0.2, -0.15) is 11.8 Å². The number of carboxylic acid groups (broad SMARTS) is 1. The van der Waals surface area contributed by atoms with Crippen molar-refractivity contribution in [1.29, 1.82) is 0 Å². The number of thioether (sulfide) groups is 1. The van der Waals surface area contributed by atoms with Crippen LogP contribution >= 0.6 is 11.8 Å². The van der Waals surface area contributed by atoms with Crippen molar-refractivity contribution < 1.29 is 23.8 Å². The van der Waals surface area contributed by atoms with E-state index in [9.17, 15) is 19.1 Å². The topological polar surface area (TPSA) is 75.6 Å². The second-order valence-corrected chi connectivity index (χ2v) is 5.97. The van der Waals surface area contributed by atoms with Crippen molar-refractivity contribution in [2.45, 2.75) is 25.0 Å². The zero-order chi connectivity index (χ0) is 15.5. The van der Waals surface area contributed by atoms with Crippen molar-refractivity contribution in [2.75, 3.05) is 11.5 Å². The number of para-hydroxylation sites is 1. The molecule has 0 spiro atoms. The molecule has 2 atom stereocenters. The Balaban J connectivity index is 2.03. The molecule has 1 saturated heterocycles. The second kappa shape index (κ2) is 6.34. The quantitative estimate of drug-likeness (QED) is 0.865. The van der Waals surface area contributed by atoms with Crippen LogP contribution in [0.5, 0.6) is 5.75 Å². The van der Waals surface area contributed by atoms with Gasteiger partial charge in [0.15, 0.2) is 17.7 Å². The summed E-state index contributed by atoms with van der Waals surface area (Å²) in [5, 5.41) is 11.8. The molecular weight excluding hydrogens is 297 g/mol. The monoisotopic (exact) mass is 313 g/mol. The van der Waals surface area contributed by atoms with Gasteiger partial charge in [0.25, 0.3) is 5.91 Å². The normalized spacial score (nSPS) is 22.6. The lowest BCUT2D eigenvalue weighted by Gasteiger charge is -2.26. The smallest absolute Gasteiger partial charge is 0.330 e. The van der Waals surface area contributed by atoms with E-state index in [1.165, 1.54) is 36.9 Å². The Morgan fingerprint density at radius 2 is 2.19 bits per heavy atom. The number of hydrogen-bond acceptors (Lipinski definition) is 4. The van der Waals surface area contributed by atoms with E-state index in [-0.39, 0.29) is 5.75 Å². The van der Waals surface area contributed by atoms with E-state index >= 15 is 0 Å². The van der Waals surface area contributed by atoms with Gasteiger partial charge in [-0.25, -0.2) is 9.18 Å². The minimum Gasteiger partial charge on any atom is -0.479 e. The lowest BCUT2D eigenvalue weighted by molar-refractivity contribution is -0.147. The predicted octanol–water partition coefficient (Wildman–Crippen LogP) is 1.67. The summed E-state index contributed by atoms with van der Waals surface area (Å²) in [5.41, 5.74) is -1.26. The Morgan fingerprint density at radius 1 is 1.48 bits per heavy atom. The molecule has 1 aliphatic rings. The Morgan fingerprint density at radius 3 is 2.76 bits per heavy atom. The molecule has 1 fully saturated rings. The predicted molar refractivity (Wildman–Crippen MR) is 76.9 cm³/mol. The van der Waals surface area contributed by atoms with E-state index in [0.29, 0.717) is 17.9 Å². The van der Waals surface area contributed by atoms with Crippen molar-refractivity contribution in [2.24, 2.45) is 0 Å². The zero-order valence-corrected chi connectivity index (χ0v) is 12.3. The van der Waals surface area contributed by atoms with Gasteiger partial charge in [0, 0.05) is 5.75 Å². The highest BCUT2D eigenvalue weighted by Gasteiger charge is 2.44. The van der Waals surface area contributed by atoms with Crippen LogP contribution in [0.4, 0.5) is 4.39 Å². The fourth-order valence-electron chi connectivity index (χ4n) is 2.01. The van der Waals surface area contributed by atoms with E-state index in [4.69, 9.17) is 4.74 Å². The van der Waals surface area contributed by atoms with E-state index < -0.39 is 29.3 Å². The molecule has 1 aromatic carbocycles. The lowest BCUT2D eigenvalue weighted by atomic mass is 9.99. The van der Waals surface area contributed by atoms with Crippen LogP contribution in [0.25, 0.3) is 0 Å². The number of carbonyl (C=O) groups excluding carboxylic acids is 1. The summed E-state index contributed by atoms with van der Waals surface area (Å²) in [6.07, 6.45) is -0.616. The van der Waals surface area contributed by atoms with Gasteiger partial charge in [-0.3, -0.25) is 4.79 Å². The van der Waals surface area contributed by atoms with Crippen molar-refractivity contribution in [3.8, 4) is 5.75 Å². The van der Waals surface area contributed by atoms with Gasteiger partial charge in [-0.15, -0.1) is 0 Å². The molecule has 2 N–H and O–H groups in total. The first kappa shape index (κ1) is 15.6. The molecule has 0 saturated carbocycles. The fourth-order valence-corrected chi connectivity index (χ4v) is 3.33. The molecule has 0 aromatic heterocycles. The molecule has 7 heteroatoms. The maximum Gasteiger partial charge on any atom is 0.330 e. The van der Waals surface area contributed by atoms with Crippen LogP contribution in [0.3, 0.4) is 0 Å². The molecular formula is C14H16FNO4S. The molecule has 5 nitrogen and oxygen atoms in total. The lowest BCUT2D eigenvalue weighted by Crippen LogP contribution is -2.57. The highest BCUT2D eigenvalue weighted by Crippen LogP contribution is 2.28. The Bertz CT molecular complexity index is 546. The summed E-state index contributed by atoms with van der Waals surface area (Å²) in [6, 6.07) is 5.75. The largest absolute Gasteiger partial charge is 0.479 e. The van der Waals surface area contributed by atoms with Crippen LogP contribution in [-0.2, 0) is 9.59 Å². The number of hydrogen-bond donors (Lipinski definition) is 2. The van der Waals surface area contributed by atoms with Crippen LogP contribution in [0, 0.1) is 5.82 Å². The molecule has 1 heterocycles. The maximum absolute atomic E-state index is 13.5. The van der Waals surface area contributed by atoms with Gasteiger partial charge in [0.2, 0.25) is 0 Å². The number of amides is 1. The van der Waals surface area contributed by atoms with Crippen LogP contribution in [-0.4, -0.2) is 40.1 Å². The van der Waals surface area contributed by atoms with Gasteiger partial charge in [0.1, 0.15) is 5.54 Å². The third-order valence-electron chi connectivity index (χ3n) is 3.30. The summed E-state index contributed by atoms with van der Waals surface area (Å²) < 4.78 is 18.7. The Labute approximate surface area is 125 Å². The van der Waals surface area contributed by atoms with Gasteiger partial charge in [0.05, 0.1) is 0 Å². The van der Waals surface area contributed by atoms with E-state index in [1.807, 2.05) is 0 Å². The summed E-state index contributed by atoms with van der Waals surface area (Å²) in [4.78, 5) is 23.5. The van der Waals surface area contributed by atoms with Crippen LogP contribution < -0.4 is 10.1 Å². The highest BCUT2D eigenvalue weighted by atomic mass is 32.2. The summed E-state index contributed by atoms with van der Waals surface area (Å²) in [6.45, 7) is 1.46. The van der Waals surface area contributed by atoms with Crippen LogP contribution in [0.1, 0.15) is 13.3 Å². The van der Waals surface area contributed by atoms with Crippen molar-refractivity contribution in [1.82, 2.24) is 5.32 Å². The number of halogens is 1. The molecule has 2 unspecified atom stereocenters. The SMILES string of the molecule is CC(Oc1ccccc1F)C(=O)NC1(C(=O)O)CCSC1. The summed E-state index contributed by atoms with van der Waals surface area (Å²) in [7, 11) is 0. The molecule has 0 aliphatic carbocycles. The van der Waals surface area contributed by atoms with Gasteiger partial charge < -0.3 is 15.2 Å². The zero-order valence-electron chi connectivity index (χ0n) is 11.5. The van der Waals surface area contributed by atoms with Gasteiger partial charge in [-0.05, 0) is 31.2 Å². The number of benzene rings is 1. The van der Waals surface area contributed by atoms with Crippen molar-refractivity contribution in [3.05, 3.63) is 30.1 Å². The van der Waals surface area contributed by atoms with Gasteiger partial charge >= 0.3 is 5.97 Å². The number of nitrogens with one attached hydrogen (secondary N) is 1. The summed E-state index contributed by atoms with van der Waals surface area (Å²) >= 11 is 1.47. The molecule has 0 radical (unpaired) electrons. The first-order valence-corrected chi connectivity index (χ1v) is 7.64. The van der Waals surface area contributed by atoms with E-state index in [2.05, 4.69) is 5.32 Å². The number of ether oxygens (including phenoxy) is 1. The number of carboxylic acids is 1. The molecule has 2 rings (SSSR count). The molecule has 114 valence electrons. The van der Waals surface area contributed by atoms with Crippen LogP contribution in [0.15, 0.2) is 24.3 Å². The third-order valence-corrected chi connectivity index (χ3v) is 4.49. The molecule has 21 heavy (non-hydrogen) atoms. The average Bonchev–Trinajstić information content (AvgIpc) is 2.91. The van der Waals surface area contributed by atoms with Crippen LogP contribution in [0.2, 0.25) is 0 Å². The first-order chi connectivity index (χ1) is 9.94. The first-order valence-electron chi connectivity index (χ1n) is 6.49. The Kier molecular flexibility index (Phi) is 4.72. The Hall–Kier alpha value is -1.76. The molecule has 1 aliphatic heterocycles. The second-order valence-electron chi connectivity index (χ2n) is 4.87. The van der Waals surface area contributed by atoms with E-state index in [1.54, 1.807) is 6.07 Å². The van der Waals surface area contributed by atoms with Gasteiger partial charge in [-0.1, -0.05) is 12.1 Å². The fraction of sp³-hybridized carbons (Fsp3) is 0.429.